The Hall–Kier alpha value is -2.22. The topological polar surface area (TPSA) is 101 Å². The van der Waals surface area contributed by atoms with Crippen molar-refractivity contribution in [3.63, 3.8) is 0 Å². The maximum atomic E-state index is 14.9. The van der Waals surface area contributed by atoms with Crippen molar-refractivity contribution in [2.24, 2.45) is 17.8 Å². The van der Waals surface area contributed by atoms with Gasteiger partial charge in [-0.2, -0.15) is 4.98 Å². The van der Waals surface area contributed by atoms with E-state index in [1.165, 1.54) is 12.3 Å². The Morgan fingerprint density at radius 2 is 2.00 bits per heavy atom. The molecule has 7 nitrogen and oxygen atoms in total. The second kappa shape index (κ2) is 6.25. The molecule has 3 saturated carbocycles. The molecule has 5 rings (SSSR count). The van der Waals surface area contributed by atoms with Crippen LogP contribution in [-0.4, -0.2) is 32.2 Å². The quantitative estimate of drug-likeness (QED) is 0.801. The summed E-state index contributed by atoms with van der Waals surface area (Å²) in [5, 5.41) is 16.0. The minimum Gasteiger partial charge on any atom is -0.481 e. The van der Waals surface area contributed by atoms with Crippen LogP contribution in [0, 0.1) is 23.6 Å². The highest BCUT2D eigenvalue weighted by atomic mass is 35.5. The van der Waals surface area contributed by atoms with E-state index < -0.39 is 17.7 Å². The van der Waals surface area contributed by atoms with Gasteiger partial charge in [0.2, 0.25) is 5.28 Å². The monoisotopic (exact) mass is 366 g/mol. The van der Waals surface area contributed by atoms with Crippen LogP contribution >= 0.6 is 11.6 Å². The highest BCUT2D eigenvalue weighted by Gasteiger charge is 2.47. The van der Waals surface area contributed by atoms with Gasteiger partial charge >= 0.3 is 5.97 Å². The highest BCUT2D eigenvalue weighted by molar-refractivity contribution is 6.28. The van der Waals surface area contributed by atoms with E-state index in [0.717, 1.165) is 25.7 Å². The summed E-state index contributed by atoms with van der Waals surface area (Å²) in [4.78, 5) is 19.5. The number of nitrogens with one attached hydrogen (secondary N) is 1. The van der Waals surface area contributed by atoms with Crippen LogP contribution in [0.1, 0.15) is 25.7 Å². The Bertz CT molecular complexity index is 793. The standard InChI is InChI=1S/C16H16ClFN4O3/c17-16-21-13(9-5-6-19-25-9)11(18)14(22-16)20-12-8-3-1-7(2-4-8)10(12)15(23)24/h5-8,10,12H,1-4H2,(H,23,24)(H,20,21,22). The van der Waals surface area contributed by atoms with Crippen molar-refractivity contribution in [1.82, 2.24) is 15.1 Å². The molecule has 2 bridgehead atoms. The first-order valence-corrected chi connectivity index (χ1v) is 8.56. The molecule has 2 unspecified atom stereocenters. The first-order valence-electron chi connectivity index (χ1n) is 8.18. The van der Waals surface area contributed by atoms with Gasteiger partial charge in [-0.05, 0) is 49.1 Å². The van der Waals surface area contributed by atoms with Crippen molar-refractivity contribution in [2.45, 2.75) is 31.7 Å². The molecule has 0 radical (unpaired) electrons. The number of carboxylic acid groups (broad SMARTS) is 1. The zero-order valence-electron chi connectivity index (χ0n) is 13.2. The number of aromatic nitrogens is 3. The minimum absolute atomic E-state index is 0.102. The van der Waals surface area contributed by atoms with E-state index in [1.54, 1.807) is 0 Å². The SMILES string of the molecule is O=C(O)C1C2CCC(CC2)C1Nc1nc(Cl)nc(-c2ccno2)c1F. The fourth-order valence-corrected chi connectivity index (χ4v) is 4.36. The molecule has 3 fully saturated rings. The molecule has 0 aromatic carbocycles. The van der Waals surface area contributed by atoms with Gasteiger partial charge in [-0.25, -0.2) is 9.37 Å². The van der Waals surface area contributed by atoms with Crippen molar-refractivity contribution in [2.75, 3.05) is 5.32 Å². The number of fused-ring (bicyclic) bond motifs is 3. The number of nitrogens with zero attached hydrogens (tertiary/aromatic N) is 3. The van der Waals surface area contributed by atoms with Gasteiger partial charge < -0.3 is 14.9 Å². The molecule has 3 aliphatic rings. The highest BCUT2D eigenvalue weighted by Crippen LogP contribution is 2.46. The normalized spacial score (nSPS) is 28.1. The molecule has 0 aliphatic heterocycles. The van der Waals surface area contributed by atoms with Crippen LogP contribution in [0.15, 0.2) is 16.8 Å². The number of halogens is 2. The number of rotatable bonds is 4. The summed E-state index contributed by atoms with van der Waals surface area (Å²) in [5.41, 5.74) is -0.104. The number of carbonyl (C=O) groups is 1. The zero-order chi connectivity index (χ0) is 17.6. The van der Waals surface area contributed by atoms with Crippen LogP contribution in [0.4, 0.5) is 10.2 Å². The molecule has 2 N–H and O–H groups in total. The summed E-state index contributed by atoms with van der Waals surface area (Å²) < 4.78 is 19.8. The Kier molecular flexibility index (Phi) is 4.07. The van der Waals surface area contributed by atoms with Crippen LogP contribution in [0.5, 0.6) is 0 Å². The Morgan fingerprint density at radius 3 is 2.64 bits per heavy atom. The average molecular weight is 367 g/mol. The maximum Gasteiger partial charge on any atom is 0.308 e. The number of hydrogen-bond acceptors (Lipinski definition) is 6. The van der Waals surface area contributed by atoms with Gasteiger partial charge in [-0.15, -0.1) is 0 Å². The van der Waals surface area contributed by atoms with Gasteiger partial charge in [-0.1, -0.05) is 5.16 Å². The van der Waals surface area contributed by atoms with Gasteiger partial charge in [-0.3, -0.25) is 4.79 Å². The molecular formula is C16H16ClFN4O3. The fourth-order valence-electron chi connectivity index (χ4n) is 4.19. The molecule has 0 saturated heterocycles. The van der Waals surface area contributed by atoms with E-state index >= 15 is 0 Å². The van der Waals surface area contributed by atoms with Crippen LogP contribution < -0.4 is 5.32 Å². The predicted octanol–water partition coefficient (Wildman–Crippen LogP) is 3.23. The lowest BCUT2D eigenvalue weighted by atomic mass is 9.61. The Balaban J connectivity index is 1.69. The van der Waals surface area contributed by atoms with Crippen molar-refractivity contribution < 1.29 is 18.8 Å². The van der Waals surface area contributed by atoms with E-state index in [2.05, 4.69) is 20.4 Å². The number of carboxylic acids is 1. The lowest BCUT2D eigenvalue weighted by Crippen LogP contribution is -2.51. The van der Waals surface area contributed by atoms with E-state index in [9.17, 15) is 14.3 Å². The first-order chi connectivity index (χ1) is 12.0. The van der Waals surface area contributed by atoms with Gasteiger partial charge in [0.1, 0.15) is 0 Å². The van der Waals surface area contributed by atoms with Crippen LogP contribution in [-0.2, 0) is 4.79 Å². The van der Waals surface area contributed by atoms with Crippen LogP contribution in [0.25, 0.3) is 11.5 Å². The lowest BCUT2D eigenvalue weighted by molar-refractivity contribution is -0.148. The van der Waals surface area contributed by atoms with Gasteiger partial charge in [0.05, 0.1) is 12.1 Å². The number of aliphatic carboxylic acids is 1. The second-order valence-corrected chi connectivity index (χ2v) is 6.93. The molecule has 3 aliphatic carbocycles. The van der Waals surface area contributed by atoms with E-state index in [-0.39, 0.29) is 40.4 Å². The number of hydrogen-bond donors (Lipinski definition) is 2. The Morgan fingerprint density at radius 1 is 1.28 bits per heavy atom. The van der Waals surface area contributed by atoms with Crippen LogP contribution in [0.3, 0.4) is 0 Å². The second-order valence-electron chi connectivity index (χ2n) is 6.59. The molecule has 0 spiro atoms. The third-order valence-electron chi connectivity index (χ3n) is 5.30. The summed E-state index contributed by atoms with van der Waals surface area (Å²) in [6, 6.07) is 1.08. The first kappa shape index (κ1) is 16.3. The van der Waals surface area contributed by atoms with Crippen molar-refractivity contribution in [3.8, 4) is 11.5 Å². The summed E-state index contributed by atoms with van der Waals surface area (Å²) in [5.74, 6) is -1.84. The van der Waals surface area contributed by atoms with E-state index in [1.807, 2.05) is 0 Å². The minimum atomic E-state index is -0.858. The van der Waals surface area contributed by atoms with Gasteiger partial charge in [0.15, 0.2) is 23.1 Å². The van der Waals surface area contributed by atoms with Crippen molar-refractivity contribution >= 4 is 23.4 Å². The third-order valence-corrected chi connectivity index (χ3v) is 5.47. The zero-order valence-corrected chi connectivity index (χ0v) is 13.9. The largest absolute Gasteiger partial charge is 0.481 e. The molecule has 2 aromatic rings. The van der Waals surface area contributed by atoms with E-state index in [4.69, 9.17) is 16.1 Å². The van der Waals surface area contributed by atoms with Crippen molar-refractivity contribution in [3.05, 3.63) is 23.4 Å². The molecule has 2 aromatic heterocycles. The summed E-state index contributed by atoms with van der Waals surface area (Å²) >= 11 is 5.93. The summed E-state index contributed by atoms with van der Waals surface area (Å²) in [7, 11) is 0. The molecule has 25 heavy (non-hydrogen) atoms. The van der Waals surface area contributed by atoms with Crippen LogP contribution in [0.2, 0.25) is 5.28 Å². The molecule has 0 amide bonds. The lowest BCUT2D eigenvalue weighted by Gasteiger charge is -2.47. The molecule has 132 valence electrons. The van der Waals surface area contributed by atoms with Crippen molar-refractivity contribution in [1.29, 1.82) is 0 Å². The molecule has 2 heterocycles. The third kappa shape index (κ3) is 2.84. The molecule has 2 atom stereocenters. The fraction of sp³-hybridized carbons (Fsp3) is 0.500. The summed E-state index contributed by atoms with van der Waals surface area (Å²) in [6.07, 6.45) is 5.04. The summed E-state index contributed by atoms with van der Waals surface area (Å²) in [6.45, 7) is 0. The Labute approximate surface area is 147 Å². The molecular weight excluding hydrogens is 351 g/mol. The van der Waals surface area contributed by atoms with Gasteiger partial charge in [0.25, 0.3) is 0 Å². The van der Waals surface area contributed by atoms with E-state index in [0.29, 0.717) is 0 Å². The average Bonchev–Trinajstić information content (AvgIpc) is 3.12. The molecule has 9 heteroatoms. The number of anilines is 1. The smallest absolute Gasteiger partial charge is 0.308 e. The predicted molar refractivity (Wildman–Crippen MR) is 86.5 cm³/mol. The van der Waals surface area contributed by atoms with Gasteiger partial charge in [0, 0.05) is 12.1 Å². The maximum absolute atomic E-state index is 14.9.